The highest BCUT2D eigenvalue weighted by Gasteiger charge is 2.30. The van der Waals surface area contributed by atoms with Crippen molar-refractivity contribution in [1.82, 2.24) is 19.7 Å². The number of rotatable bonds is 5. The third-order valence-electron chi connectivity index (χ3n) is 7.28. The van der Waals surface area contributed by atoms with Crippen molar-refractivity contribution in [1.29, 1.82) is 0 Å². The van der Waals surface area contributed by atoms with Crippen LogP contribution in [-0.4, -0.2) is 90.4 Å². The minimum absolute atomic E-state index is 0.00924. The van der Waals surface area contributed by atoms with Crippen LogP contribution in [0.1, 0.15) is 23.2 Å². The number of aromatic nitrogens is 1. The molecule has 1 N–H and O–H groups in total. The number of benzene rings is 2. The number of nitrogens with zero attached hydrogens (tertiary/aromatic N) is 4. The molecule has 0 saturated carbocycles. The van der Waals surface area contributed by atoms with Gasteiger partial charge in [0.15, 0.2) is 0 Å². The highest BCUT2D eigenvalue weighted by molar-refractivity contribution is 6.10. The lowest BCUT2D eigenvalue weighted by Crippen LogP contribution is -2.54. The number of aromatic amines is 1. The number of carbonyl (C=O) groups is 2. The maximum atomic E-state index is 13.5. The van der Waals surface area contributed by atoms with E-state index in [-0.39, 0.29) is 18.4 Å². The van der Waals surface area contributed by atoms with Gasteiger partial charge in [-0.2, -0.15) is 0 Å². The zero-order valence-corrected chi connectivity index (χ0v) is 19.8. The molecule has 5 rings (SSSR count). The first-order valence-electron chi connectivity index (χ1n) is 12.2. The fraction of sp³-hybridized carbons (Fsp3) is 0.407. The molecule has 0 aliphatic carbocycles. The summed E-state index contributed by atoms with van der Waals surface area (Å²) in [7, 11) is 2.18. The summed E-state index contributed by atoms with van der Waals surface area (Å²) in [5.74, 6) is -0.154. The minimum Gasteiger partial charge on any atom is -0.361 e. The predicted molar refractivity (Wildman–Crippen MR) is 135 cm³/mol. The highest BCUT2D eigenvalue weighted by atomic mass is 16.2. The topological polar surface area (TPSA) is 62.9 Å². The number of likely N-dealkylation sites (tertiary alicyclic amines) is 1. The van der Waals surface area contributed by atoms with Crippen LogP contribution in [0.3, 0.4) is 0 Å². The first-order valence-corrected chi connectivity index (χ1v) is 12.2. The number of H-pyrrole nitrogens is 1. The van der Waals surface area contributed by atoms with Crippen LogP contribution in [0.4, 0.5) is 5.69 Å². The van der Waals surface area contributed by atoms with Crippen LogP contribution >= 0.6 is 0 Å². The van der Waals surface area contributed by atoms with E-state index in [1.165, 1.54) is 0 Å². The van der Waals surface area contributed by atoms with E-state index in [1.54, 1.807) is 4.90 Å². The molecule has 3 aromatic rings. The van der Waals surface area contributed by atoms with Crippen molar-refractivity contribution in [3.05, 3.63) is 66.4 Å². The Labute approximate surface area is 200 Å². The summed E-state index contributed by atoms with van der Waals surface area (Å²) < 4.78 is 0. The fourth-order valence-electron chi connectivity index (χ4n) is 5.13. The number of para-hydroxylation sites is 1. The van der Waals surface area contributed by atoms with Gasteiger partial charge in [-0.1, -0.05) is 24.3 Å². The van der Waals surface area contributed by atoms with Gasteiger partial charge in [-0.25, -0.2) is 0 Å². The Morgan fingerprint density at radius 2 is 1.68 bits per heavy atom. The molecule has 2 aliphatic rings. The largest absolute Gasteiger partial charge is 0.361 e. The molecule has 1 aromatic heterocycles. The van der Waals surface area contributed by atoms with Crippen molar-refractivity contribution in [2.24, 2.45) is 0 Å². The van der Waals surface area contributed by atoms with Gasteiger partial charge in [0.25, 0.3) is 5.91 Å². The molecule has 7 heteroatoms. The summed E-state index contributed by atoms with van der Waals surface area (Å²) in [6.45, 7) is 5.99. The van der Waals surface area contributed by atoms with E-state index in [4.69, 9.17) is 0 Å². The molecule has 0 spiro atoms. The Hall–Kier alpha value is -3.16. The molecule has 2 aliphatic heterocycles. The highest BCUT2D eigenvalue weighted by Crippen LogP contribution is 2.22. The average molecular weight is 460 g/mol. The second-order valence-corrected chi connectivity index (χ2v) is 9.46. The summed E-state index contributed by atoms with van der Waals surface area (Å²) in [5.41, 5.74) is 2.22. The molecule has 2 amide bonds. The molecule has 2 aromatic carbocycles. The van der Waals surface area contributed by atoms with Gasteiger partial charge in [-0.05, 0) is 55.6 Å². The van der Waals surface area contributed by atoms with Gasteiger partial charge in [0, 0.05) is 68.3 Å². The number of amides is 2. The SMILES string of the molecule is CN1CCN(C2CCN(C(=O)CN(C(=O)c3ccc4cc[nH]c4c3)c3ccccc3)CC2)CC1. The van der Waals surface area contributed by atoms with E-state index in [2.05, 4.69) is 21.8 Å². The quantitative estimate of drug-likeness (QED) is 0.637. The molecular weight excluding hydrogens is 426 g/mol. The van der Waals surface area contributed by atoms with E-state index in [1.807, 2.05) is 65.7 Å². The van der Waals surface area contributed by atoms with Gasteiger partial charge in [0.1, 0.15) is 6.54 Å². The number of anilines is 1. The number of hydrogen-bond acceptors (Lipinski definition) is 4. The number of likely N-dealkylation sites (N-methyl/N-ethyl adjacent to an activating group) is 1. The summed E-state index contributed by atoms with van der Waals surface area (Å²) in [6, 6.07) is 17.7. The number of carbonyl (C=O) groups excluding carboxylic acids is 2. The molecule has 0 radical (unpaired) electrons. The zero-order valence-electron chi connectivity index (χ0n) is 19.8. The van der Waals surface area contributed by atoms with E-state index in [0.717, 1.165) is 68.7 Å². The third-order valence-corrected chi connectivity index (χ3v) is 7.28. The number of piperidine rings is 1. The molecule has 0 atom stereocenters. The molecule has 2 saturated heterocycles. The van der Waals surface area contributed by atoms with Crippen molar-refractivity contribution in [2.75, 3.05) is 57.8 Å². The first kappa shape index (κ1) is 22.6. The lowest BCUT2D eigenvalue weighted by atomic mass is 10.0. The van der Waals surface area contributed by atoms with Crippen LogP contribution in [0.25, 0.3) is 10.9 Å². The van der Waals surface area contributed by atoms with Gasteiger partial charge in [-0.15, -0.1) is 0 Å². The molecule has 7 nitrogen and oxygen atoms in total. The lowest BCUT2D eigenvalue weighted by Gasteiger charge is -2.42. The Bertz CT molecular complexity index is 1130. The molecular formula is C27H33N5O2. The first-order chi connectivity index (χ1) is 16.6. The molecule has 0 bridgehead atoms. The summed E-state index contributed by atoms with van der Waals surface area (Å²) in [5, 5.41) is 1.06. The molecule has 2 fully saturated rings. The van der Waals surface area contributed by atoms with Crippen molar-refractivity contribution < 1.29 is 9.59 Å². The maximum absolute atomic E-state index is 13.5. The molecule has 34 heavy (non-hydrogen) atoms. The second-order valence-electron chi connectivity index (χ2n) is 9.46. The second kappa shape index (κ2) is 9.99. The van der Waals surface area contributed by atoms with Crippen molar-refractivity contribution in [2.45, 2.75) is 18.9 Å². The summed E-state index contributed by atoms with van der Waals surface area (Å²) in [6.07, 6.45) is 3.86. The number of fused-ring (bicyclic) bond motifs is 1. The normalized spacial score (nSPS) is 18.3. The predicted octanol–water partition coefficient (Wildman–Crippen LogP) is 3.05. The lowest BCUT2D eigenvalue weighted by molar-refractivity contribution is -0.131. The van der Waals surface area contributed by atoms with Crippen LogP contribution < -0.4 is 4.90 Å². The maximum Gasteiger partial charge on any atom is 0.258 e. The zero-order chi connectivity index (χ0) is 23.5. The molecule has 3 heterocycles. The minimum atomic E-state index is -0.164. The molecule has 0 unspecified atom stereocenters. The number of piperazine rings is 1. The standard InChI is InChI=1S/C27H33N5O2/c1-29-15-17-30(18-16-29)23-10-13-31(14-11-23)26(33)20-32(24-5-3-2-4-6-24)27(34)22-8-7-21-9-12-28-25(21)19-22/h2-9,12,19,23,28H,10-11,13-18,20H2,1H3. The number of hydrogen-bond donors (Lipinski definition) is 1. The summed E-state index contributed by atoms with van der Waals surface area (Å²) in [4.78, 5) is 38.5. The van der Waals surface area contributed by atoms with E-state index < -0.39 is 0 Å². The van der Waals surface area contributed by atoms with Crippen LogP contribution in [0.5, 0.6) is 0 Å². The number of nitrogens with one attached hydrogen (secondary N) is 1. The van der Waals surface area contributed by atoms with Gasteiger partial charge in [-0.3, -0.25) is 19.4 Å². The average Bonchev–Trinajstić information content (AvgIpc) is 3.36. The van der Waals surface area contributed by atoms with Crippen LogP contribution in [-0.2, 0) is 4.79 Å². The van der Waals surface area contributed by atoms with Crippen molar-refractivity contribution in [3.8, 4) is 0 Å². The van der Waals surface area contributed by atoms with Crippen molar-refractivity contribution in [3.63, 3.8) is 0 Å². The Balaban J connectivity index is 1.27. The van der Waals surface area contributed by atoms with E-state index >= 15 is 0 Å². The van der Waals surface area contributed by atoms with Crippen LogP contribution in [0.15, 0.2) is 60.8 Å². The van der Waals surface area contributed by atoms with Gasteiger partial charge in [0.2, 0.25) is 5.91 Å². The Morgan fingerprint density at radius 3 is 2.41 bits per heavy atom. The smallest absolute Gasteiger partial charge is 0.258 e. The Morgan fingerprint density at radius 1 is 0.941 bits per heavy atom. The molecule has 178 valence electrons. The van der Waals surface area contributed by atoms with Gasteiger partial charge in [0.05, 0.1) is 0 Å². The van der Waals surface area contributed by atoms with E-state index in [0.29, 0.717) is 11.6 Å². The van der Waals surface area contributed by atoms with Crippen molar-refractivity contribution >= 4 is 28.4 Å². The van der Waals surface area contributed by atoms with Crippen LogP contribution in [0.2, 0.25) is 0 Å². The third kappa shape index (κ3) is 4.86. The monoisotopic (exact) mass is 459 g/mol. The Kier molecular flexibility index (Phi) is 6.65. The fourth-order valence-corrected chi connectivity index (χ4v) is 5.13. The summed E-state index contributed by atoms with van der Waals surface area (Å²) >= 11 is 0. The van der Waals surface area contributed by atoms with Crippen LogP contribution in [0, 0.1) is 0 Å². The van der Waals surface area contributed by atoms with Gasteiger partial charge >= 0.3 is 0 Å². The van der Waals surface area contributed by atoms with Gasteiger partial charge < -0.3 is 14.8 Å². The van der Waals surface area contributed by atoms with E-state index in [9.17, 15) is 9.59 Å².